The van der Waals surface area contributed by atoms with Crippen molar-refractivity contribution in [3.63, 3.8) is 0 Å². The van der Waals surface area contributed by atoms with Crippen LogP contribution in [0.3, 0.4) is 0 Å². The second kappa shape index (κ2) is 9.03. The number of amides is 1. The van der Waals surface area contributed by atoms with E-state index in [0.29, 0.717) is 19.6 Å². The van der Waals surface area contributed by atoms with Crippen LogP contribution in [0.1, 0.15) is 25.5 Å². The lowest BCUT2D eigenvalue weighted by atomic mass is 10.0. The Kier molecular flexibility index (Phi) is 6.26. The number of benzene rings is 2. The quantitative estimate of drug-likeness (QED) is 0.607. The predicted molar refractivity (Wildman–Crippen MR) is 106 cm³/mol. The summed E-state index contributed by atoms with van der Waals surface area (Å²) >= 11 is 0. The molecule has 1 amide bonds. The van der Waals surface area contributed by atoms with Gasteiger partial charge in [-0.05, 0) is 30.5 Å². The van der Waals surface area contributed by atoms with Gasteiger partial charge < -0.3 is 14.2 Å². The number of imidazole rings is 1. The topological polar surface area (TPSA) is 47.4 Å². The van der Waals surface area contributed by atoms with Crippen molar-refractivity contribution >= 4 is 6.09 Å². The summed E-state index contributed by atoms with van der Waals surface area (Å²) in [5.74, 6) is 0. The molecule has 140 valence electrons. The molecule has 2 aromatic carbocycles. The van der Waals surface area contributed by atoms with E-state index in [2.05, 4.69) is 29.2 Å². The highest BCUT2D eigenvalue weighted by Gasteiger charge is 2.20. The van der Waals surface area contributed by atoms with Gasteiger partial charge in [-0.2, -0.15) is 0 Å². The first-order chi connectivity index (χ1) is 13.2. The van der Waals surface area contributed by atoms with Gasteiger partial charge in [-0.1, -0.05) is 54.6 Å². The van der Waals surface area contributed by atoms with Crippen LogP contribution in [0.25, 0.3) is 11.1 Å². The number of hydrogen-bond donors (Lipinski definition) is 0. The molecule has 1 atom stereocenters. The third-order valence-corrected chi connectivity index (χ3v) is 4.59. The first-order valence-corrected chi connectivity index (χ1v) is 9.28. The van der Waals surface area contributed by atoms with E-state index in [0.717, 1.165) is 16.7 Å². The Balaban J connectivity index is 1.82. The maximum Gasteiger partial charge on any atom is 0.410 e. The molecule has 1 heterocycles. The Morgan fingerprint density at radius 2 is 1.70 bits per heavy atom. The molecular formula is C22H25N3O2. The summed E-state index contributed by atoms with van der Waals surface area (Å²) in [4.78, 5) is 18.2. The fraction of sp³-hybridized carbons (Fsp3) is 0.273. The molecule has 0 bridgehead atoms. The molecule has 0 radical (unpaired) electrons. The Morgan fingerprint density at radius 3 is 2.30 bits per heavy atom. The lowest BCUT2D eigenvalue weighted by Gasteiger charge is -2.24. The molecule has 5 heteroatoms. The van der Waals surface area contributed by atoms with E-state index in [1.807, 2.05) is 54.9 Å². The first kappa shape index (κ1) is 18.7. The minimum absolute atomic E-state index is 0.294. The lowest BCUT2D eigenvalue weighted by Crippen LogP contribution is -2.32. The van der Waals surface area contributed by atoms with E-state index in [1.54, 1.807) is 17.4 Å². The summed E-state index contributed by atoms with van der Waals surface area (Å²) in [7, 11) is 0. The zero-order valence-electron chi connectivity index (χ0n) is 15.8. The molecule has 5 nitrogen and oxygen atoms in total. The van der Waals surface area contributed by atoms with E-state index in [4.69, 9.17) is 4.74 Å². The number of ether oxygens (including phenoxy) is 1. The van der Waals surface area contributed by atoms with Crippen LogP contribution in [0.4, 0.5) is 4.79 Å². The van der Waals surface area contributed by atoms with E-state index in [-0.39, 0.29) is 12.2 Å². The van der Waals surface area contributed by atoms with Crippen molar-refractivity contribution in [2.45, 2.75) is 26.5 Å². The minimum atomic E-state index is -0.378. The third-order valence-electron chi connectivity index (χ3n) is 4.59. The molecule has 0 spiro atoms. The molecule has 0 aliphatic rings. The maximum absolute atomic E-state index is 12.5. The van der Waals surface area contributed by atoms with Crippen LogP contribution >= 0.6 is 0 Å². The van der Waals surface area contributed by atoms with Crippen LogP contribution in [-0.2, 0) is 11.3 Å². The molecule has 3 rings (SSSR count). The van der Waals surface area contributed by atoms with Crippen molar-refractivity contribution in [1.82, 2.24) is 14.5 Å². The Bertz CT molecular complexity index is 826. The number of aromatic nitrogens is 2. The molecule has 27 heavy (non-hydrogen) atoms. The maximum atomic E-state index is 12.5. The number of rotatable bonds is 7. The zero-order chi connectivity index (χ0) is 19.1. The van der Waals surface area contributed by atoms with Gasteiger partial charge in [-0.3, -0.25) is 0 Å². The van der Waals surface area contributed by atoms with Crippen LogP contribution in [0.2, 0.25) is 0 Å². The number of carbonyl (C=O) groups is 1. The summed E-state index contributed by atoms with van der Waals surface area (Å²) in [5, 5.41) is 0. The summed E-state index contributed by atoms with van der Waals surface area (Å²) in [5.41, 5.74) is 3.26. The average molecular weight is 363 g/mol. The van der Waals surface area contributed by atoms with Crippen LogP contribution in [0, 0.1) is 0 Å². The smallest absolute Gasteiger partial charge is 0.410 e. The van der Waals surface area contributed by atoms with E-state index < -0.39 is 0 Å². The largest absolute Gasteiger partial charge is 0.439 e. The predicted octanol–water partition coefficient (Wildman–Crippen LogP) is 4.77. The van der Waals surface area contributed by atoms with Crippen molar-refractivity contribution in [2.75, 3.05) is 13.1 Å². The van der Waals surface area contributed by atoms with E-state index >= 15 is 0 Å². The number of hydrogen-bond acceptors (Lipinski definition) is 3. The molecule has 1 unspecified atom stereocenters. The van der Waals surface area contributed by atoms with Gasteiger partial charge in [0.1, 0.15) is 6.10 Å². The standard InChI is InChI=1S/C22H25N3O2/c1-3-25(4-2)22(26)27-21(16-24-15-14-23-17-24)20-12-10-19(11-13-20)18-8-6-5-7-9-18/h5-15,17,21H,3-4,16H2,1-2H3. The highest BCUT2D eigenvalue weighted by Crippen LogP contribution is 2.25. The van der Waals surface area contributed by atoms with Gasteiger partial charge in [0.25, 0.3) is 0 Å². The average Bonchev–Trinajstić information content (AvgIpc) is 3.22. The summed E-state index contributed by atoms with van der Waals surface area (Å²) < 4.78 is 7.76. The Morgan fingerprint density at radius 1 is 1.04 bits per heavy atom. The molecule has 0 aliphatic heterocycles. The third kappa shape index (κ3) is 4.76. The molecule has 0 fully saturated rings. The molecule has 0 saturated carbocycles. The highest BCUT2D eigenvalue weighted by molar-refractivity contribution is 5.68. The van der Waals surface area contributed by atoms with Crippen LogP contribution in [0.15, 0.2) is 73.3 Å². The Labute approximate surface area is 160 Å². The summed E-state index contributed by atoms with van der Waals surface area (Å²) in [6, 6.07) is 18.4. The van der Waals surface area contributed by atoms with Gasteiger partial charge in [-0.15, -0.1) is 0 Å². The minimum Gasteiger partial charge on any atom is -0.439 e. The molecule has 0 aliphatic carbocycles. The Hall–Kier alpha value is -3.08. The summed E-state index contributed by atoms with van der Waals surface area (Å²) in [6.07, 6.45) is 4.66. The van der Waals surface area contributed by atoms with Gasteiger partial charge in [0.2, 0.25) is 0 Å². The van der Waals surface area contributed by atoms with Crippen LogP contribution in [0.5, 0.6) is 0 Å². The molecule has 1 aromatic heterocycles. The highest BCUT2D eigenvalue weighted by atomic mass is 16.6. The molecular weight excluding hydrogens is 338 g/mol. The van der Waals surface area contributed by atoms with Crippen molar-refractivity contribution < 1.29 is 9.53 Å². The van der Waals surface area contributed by atoms with Gasteiger partial charge >= 0.3 is 6.09 Å². The molecule has 0 N–H and O–H groups in total. The number of nitrogens with zero attached hydrogens (tertiary/aromatic N) is 3. The summed E-state index contributed by atoms with van der Waals surface area (Å²) in [6.45, 7) is 5.67. The second-order valence-corrected chi connectivity index (χ2v) is 6.29. The first-order valence-electron chi connectivity index (χ1n) is 9.28. The van der Waals surface area contributed by atoms with Gasteiger partial charge in [0.05, 0.1) is 12.9 Å². The second-order valence-electron chi connectivity index (χ2n) is 6.29. The molecule has 0 saturated heterocycles. The number of carbonyl (C=O) groups excluding carboxylic acids is 1. The SMILES string of the molecule is CCN(CC)C(=O)OC(Cn1ccnc1)c1ccc(-c2ccccc2)cc1. The monoisotopic (exact) mass is 363 g/mol. The fourth-order valence-corrected chi connectivity index (χ4v) is 3.00. The van der Waals surface area contributed by atoms with Crippen LogP contribution in [-0.4, -0.2) is 33.6 Å². The van der Waals surface area contributed by atoms with Gasteiger partial charge in [0, 0.05) is 25.5 Å². The fourth-order valence-electron chi connectivity index (χ4n) is 3.00. The zero-order valence-corrected chi connectivity index (χ0v) is 15.8. The molecule has 3 aromatic rings. The van der Waals surface area contributed by atoms with Gasteiger partial charge in [-0.25, -0.2) is 9.78 Å². The van der Waals surface area contributed by atoms with Gasteiger partial charge in [0.15, 0.2) is 0 Å². The van der Waals surface area contributed by atoms with E-state index in [9.17, 15) is 4.79 Å². The lowest BCUT2D eigenvalue weighted by molar-refractivity contribution is 0.0568. The van der Waals surface area contributed by atoms with Crippen molar-refractivity contribution in [2.24, 2.45) is 0 Å². The van der Waals surface area contributed by atoms with Crippen molar-refractivity contribution in [3.8, 4) is 11.1 Å². The normalized spacial score (nSPS) is 11.8. The van der Waals surface area contributed by atoms with Crippen molar-refractivity contribution in [1.29, 1.82) is 0 Å². The van der Waals surface area contributed by atoms with E-state index in [1.165, 1.54) is 0 Å². The van der Waals surface area contributed by atoms with Crippen molar-refractivity contribution in [3.05, 3.63) is 78.9 Å². The van der Waals surface area contributed by atoms with Crippen LogP contribution < -0.4 is 0 Å².